The number of rotatable bonds is 7. The fraction of sp³-hybridized carbons (Fsp3) is 0.409. The number of benzene rings is 2. The Balaban J connectivity index is 1.59. The fourth-order valence-electron chi connectivity index (χ4n) is 3.64. The van der Waals surface area contributed by atoms with E-state index in [4.69, 9.17) is 4.74 Å². The minimum Gasteiger partial charge on any atom is -0.380 e. The van der Waals surface area contributed by atoms with E-state index in [1.807, 2.05) is 24.3 Å². The molecule has 0 saturated carbocycles. The zero-order valence-electron chi connectivity index (χ0n) is 15.7. The van der Waals surface area contributed by atoms with Crippen LogP contribution in [0, 0.1) is 0 Å². The Hall–Kier alpha value is -2.17. The zero-order chi connectivity index (χ0) is 18.4. The van der Waals surface area contributed by atoms with Gasteiger partial charge in [0.05, 0.1) is 6.61 Å². The molecule has 26 heavy (non-hydrogen) atoms. The van der Waals surface area contributed by atoms with Crippen molar-refractivity contribution in [2.45, 2.75) is 39.0 Å². The van der Waals surface area contributed by atoms with Crippen molar-refractivity contribution < 1.29 is 9.53 Å². The quantitative estimate of drug-likeness (QED) is 0.830. The van der Waals surface area contributed by atoms with E-state index in [9.17, 15) is 4.79 Å². The molecular formula is C22H28N2O2. The lowest BCUT2D eigenvalue weighted by atomic mass is 9.98. The maximum absolute atomic E-state index is 12.5. The average molecular weight is 352 g/mol. The van der Waals surface area contributed by atoms with Gasteiger partial charge in [-0.05, 0) is 41.7 Å². The molecule has 1 aliphatic heterocycles. The number of methoxy groups -OCH3 is 1. The van der Waals surface area contributed by atoms with Crippen LogP contribution in [0.3, 0.4) is 0 Å². The summed E-state index contributed by atoms with van der Waals surface area (Å²) in [4.78, 5) is 15.0. The van der Waals surface area contributed by atoms with E-state index < -0.39 is 0 Å². The first kappa shape index (κ1) is 18.6. The van der Waals surface area contributed by atoms with E-state index in [0.29, 0.717) is 24.8 Å². The van der Waals surface area contributed by atoms with Crippen molar-refractivity contribution in [3.8, 4) is 0 Å². The topological polar surface area (TPSA) is 41.6 Å². The van der Waals surface area contributed by atoms with Crippen molar-refractivity contribution in [2.75, 3.05) is 20.2 Å². The predicted molar refractivity (Wildman–Crippen MR) is 104 cm³/mol. The van der Waals surface area contributed by atoms with Gasteiger partial charge in [-0.2, -0.15) is 0 Å². The van der Waals surface area contributed by atoms with Crippen LogP contribution in [0.5, 0.6) is 0 Å². The molecule has 1 heterocycles. The average Bonchev–Trinajstić information content (AvgIpc) is 2.68. The highest BCUT2D eigenvalue weighted by Crippen LogP contribution is 2.21. The molecule has 3 rings (SSSR count). The molecule has 1 atom stereocenters. The van der Waals surface area contributed by atoms with Gasteiger partial charge in [-0.15, -0.1) is 0 Å². The number of hydrogen-bond acceptors (Lipinski definition) is 3. The summed E-state index contributed by atoms with van der Waals surface area (Å²) in [5.74, 6) is -0.0150. The summed E-state index contributed by atoms with van der Waals surface area (Å²) in [5, 5.41) is 3.12. The second-order valence-electron chi connectivity index (χ2n) is 6.89. The summed E-state index contributed by atoms with van der Waals surface area (Å²) < 4.78 is 5.15. The molecule has 1 aliphatic rings. The van der Waals surface area contributed by atoms with Crippen LogP contribution in [-0.4, -0.2) is 37.0 Å². The molecule has 138 valence electrons. The Bertz CT molecular complexity index is 744. The third-order valence-corrected chi connectivity index (χ3v) is 5.15. The van der Waals surface area contributed by atoms with Gasteiger partial charge >= 0.3 is 0 Å². The van der Waals surface area contributed by atoms with Crippen molar-refractivity contribution in [1.29, 1.82) is 0 Å². The summed E-state index contributed by atoms with van der Waals surface area (Å²) in [6.07, 6.45) is 2.10. The molecule has 1 amide bonds. The van der Waals surface area contributed by atoms with Crippen LogP contribution in [-0.2, 0) is 24.3 Å². The van der Waals surface area contributed by atoms with E-state index in [0.717, 1.165) is 31.5 Å². The highest BCUT2D eigenvalue weighted by Gasteiger charge is 2.22. The lowest BCUT2D eigenvalue weighted by molar-refractivity contribution is 0.0926. The molecule has 4 nitrogen and oxygen atoms in total. The Morgan fingerprint density at radius 1 is 1.19 bits per heavy atom. The largest absolute Gasteiger partial charge is 0.380 e. The molecule has 2 aromatic carbocycles. The van der Waals surface area contributed by atoms with Crippen LogP contribution >= 0.6 is 0 Å². The van der Waals surface area contributed by atoms with Gasteiger partial charge < -0.3 is 10.1 Å². The first-order valence-corrected chi connectivity index (χ1v) is 9.38. The lowest BCUT2D eigenvalue weighted by Gasteiger charge is -2.35. The van der Waals surface area contributed by atoms with Gasteiger partial charge in [0, 0.05) is 38.3 Å². The second kappa shape index (κ2) is 8.97. The van der Waals surface area contributed by atoms with Crippen molar-refractivity contribution in [3.05, 3.63) is 70.8 Å². The van der Waals surface area contributed by atoms with E-state index in [1.165, 1.54) is 11.1 Å². The number of nitrogens with zero attached hydrogens (tertiary/aromatic N) is 1. The number of ether oxygens (including phenoxy) is 1. The van der Waals surface area contributed by atoms with Crippen molar-refractivity contribution in [1.82, 2.24) is 10.2 Å². The molecule has 1 N–H and O–H groups in total. The number of amides is 1. The molecule has 0 unspecified atom stereocenters. The van der Waals surface area contributed by atoms with Crippen LogP contribution in [0.15, 0.2) is 48.5 Å². The standard InChI is InChI=1S/C22H28N2O2/c1-3-21(24-12-11-18-8-4-5-9-20(18)15-24)14-23-22(25)19-10-6-7-17(13-19)16-26-2/h4-10,13,21H,3,11-12,14-16H2,1-2H3,(H,23,25)/t21-/m1/s1. The van der Waals surface area contributed by atoms with Gasteiger partial charge in [-0.3, -0.25) is 9.69 Å². The van der Waals surface area contributed by atoms with Crippen molar-refractivity contribution in [3.63, 3.8) is 0 Å². The third kappa shape index (κ3) is 4.51. The van der Waals surface area contributed by atoms with Crippen LogP contribution < -0.4 is 5.32 Å². The van der Waals surface area contributed by atoms with Gasteiger partial charge in [0.15, 0.2) is 0 Å². The lowest BCUT2D eigenvalue weighted by Crippen LogP contribution is -2.45. The van der Waals surface area contributed by atoms with Crippen LogP contribution in [0.1, 0.15) is 40.4 Å². The molecule has 0 bridgehead atoms. The number of hydrogen-bond donors (Lipinski definition) is 1. The predicted octanol–water partition coefficient (Wildman–Crippen LogP) is 3.40. The van der Waals surface area contributed by atoms with Crippen LogP contribution in [0.2, 0.25) is 0 Å². The van der Waals surface area contributed by atoms with E-state index >= 15 is 0 Å². The number of carbonyl (C=O) groups excluding carboxylic acids is 1. The van der Waals surface area contributed by atoms with Crippen molar-refractivity contribution >= 4 is 5.91 Å². The normalized spacial score (nSPS) is 15.3. The zero-order valence-corrected chi connectivity index (χ0v) is 15.7. The minimum atomic E-state index is -0.0150. The van der Waals surface area contributed by atoms with Crippen LogP contribution in [0.4, 0.5) is 0 Å². The Morgan fingerprint density at radius 3 is 2.77 bits per heavy atom. The molecule has 0 radical (unpaired) electrons. The number of nitrogens with one attached hydrogen (secondary N) is 1. The highest BCUT2D eigenvalue weighted by atomic mass is 16.5. The SMILES string of the molecule is CC[C@H](CNC(=O)c1cccc(COC)c1)N1CCc2ccccc2C1. The third-order valence-electron chi connectivity index (χ3n) is 5.15. The first-order chi connectivity index (χ1) is 12.7. The van der Waals surface area contributed by atoms with Gasteiger partial charge in [0.1, 0.15) is 0 Å². The Labute approximate surface area is 156 Å². The molecule has 0 saturated heterocycles. The smallest absolute Gasteiger partial charge is 0.251 e. The van der Waals surface area contributed by atoms with Gasteiger partial charge in [0.2, 0.25) is 0 Å². The van der Waals surface area contributed by atoms with E-state index in [-0.39, 0.29) is 5.91 Å². The molecule has 4 heteroatoms. The monoisotopic (exact) mass is 352 g/mol. The van der Waals surface area contributed by atoms with Gasteiger partial charge in [0.25, 0.3) is 5.91 Å². The van der Waals surface area contributed by atoms with Gasteiger partial charge in [-0.1, -0.05) is 43.3 Å². The van der Waals surface area contributed by atoms with E-state index in [1.54, 1.807) is 7.11 Å². The number of fused-ring (bicyclic) bond motifs is 1. The molecular weight excluding hydrogens is 324 g/mol. The summed E-state index contributed by atoms with van der Waals surface area (Å²) in [7, 11) is 1.66. The summed E-state index contributed by atoms with van der Waals surface area (Å²) in [6.45, 7) is 5.40. The summed E-state index contributed by atoms with van der Waals surface area (Å²) in [6, 6.07) is 16.7. The van der Waals surface area contributed by atoms with E-state index in [2.05, 4.69) is 41.4 Å². The number of carbonyl (C=O) groups is 1. The fourth-order valence-corrected chi connectivity index (χ4v) is 3.64. The van der Waals surface area contributed by atoms with Gasteiger partial charge in [-0.25, -0.2) is 0 Å². The van der Waals surface area contributed by atoms with Crippen LogP contribution in [0.25, 0.3) is 0 Å². The highest BCUT2D eigenvalue weighted by molar-refractivity contribution is 5.94. The maximum Gasteiger partial charge on any atom is 0.251 e. The molecule has 0 aromatic heterocycles. The molecule has 2 aromatic rings. The Morgan fingerprint density at radius 2 is 2.00 bits per heavy atom. The second-order valence-corrected chi connectivity index (χ2v) is 6.89. The maximum atomic E-state index is 12.5. The molecule has 0 aliphatic carbocycles. The molecule has 0 spiro atoms. The molecule has 0 fully saturated rings. The first-order valence-electron chi connectivity index (χ1n) is 9.38. The minimum absolute atomic E-state index is 0.0150. The van der Waals surface area contributed by atoms with Crippen molar-refractivity contribution in [2.24, 2.45) is 0 Å². The Kier molecular flexibility index (Phi) is 6.42. The summed E-state index contributed by atoms with van der Waals surface area (Å²) >= 11 is 0. The summed E-state index contributed by atoms with van der Waals surface area (Å²) in [5.41, 5.74) is 4.58.